The first-order chi connectivity index (χ1) is 13.0. The quantitative estimate of drug-likeness (QED) is 0.211. The summed E-state index contributed by atoms with van der Waals surface area (Å²) in [5, 5.41) is 2.69. The topological polar surface area (TPSA) is 0 Å². The fraction of sp³-hybridized carbons (Fsp3) is 0.222. The van der Waals surface area contributed by atoms with Gasteiger partial charge in [-0.3, -0.25) is 6.08 Å². The van der Waals surface area contributed by atoms with Gasteiger partial charge in [0, 0.05) is 0 Å². The maximum absolute atomic E-state index is 3.36. The Kier molecular flexibility index (Phi) is 18.9. The van der Waals surface area contributed by atoms with Crippen molar-refractivity contribution >= 4 is 42.5 Å². The SMILES string of the molecule is CC1=[C-]C(C)C(C)=C1C.Cc1cc2c(-c3ccccc3)cccc2[cH-]1.Cl.Cl.[CH3-].[CH3-].[Si]=[Zr]. The number of rotatable bonds is 1. The van der Waals surface area contributed by atoms with Gasteiger partial charge in [0.05, 0.1) is 0 Å². The van der Waals surface area contributed by atoms with E-state index in [0.29, 0.717) is 5.92 Å². The van der Waals surface area contributed by atoms with Gasteiger partial charge >= 0.3 is 30.2 Å². The summed E-state index contributed by atoms with van der Waals surface area (Å²) in [7, 11) is 0. The van der Waals surface area contributed by atoms with Gasteiger partial charge in [-0.1, -0.05) is 75.6 Å². The molecule has 0 fully saturated rings. The number of aryl methyl sites for hydroxylation is 1. The zero-order chi connectivity index (χ0) is 20.0. The summed E-state index contributed by atoms with van der Waals surface area (Å²) in [6.45, 7) is 13.9. The molecule has 0 N–H and O–H groups in total. The first-order valence-electron chi connectivity index (χ1n) is 9.21. The van der Waals surface area contributed by atoms with E-state index < -0.39 is 0 Å². The van der Waals surface area contributed by atoms with E-state index in [1.165, 1.54) is 67.5 Å². The minimum absolute atomic E-state index is 0. The molecule has 0 aliphatic heterocycles. The summed E-state index contributed by atoms with van der Waals surface area (Å²) in [6.07, 6.45) is 3.36. The molecule has 1 unspecified atom stereocenters. The van der Waals surface area contributed by atoms with E-state index >= 15 is 0 Å². The van der Waals surface area contributed by atoms with Crippen molar-refractivity contribution in [2.24, 2.45) is 5.92 Å². The standard InChI is InChI=1S/C16H13.C9H13.2CH3.2ClH.Si.Zr/c1-12-10-14-8-5-9-15(16(14)11-12)13-6-3-2-4-7-13;1-6-5-7(2)9(4)8(6)3;;;;;;/h2-11H,1H3;6H,1-4H3;2*1H3;2*1H;;/q4*-1;;;;. The molecular weight excluding hydrogens is 515 g/mol. The molecule has 0 nitrogen and oxygen atoms in total. The van der Waals surface area contributed by atoms with Gasteiger partial charge < -0.3 is 14.9 Å². The van der Waals surface area contributed by atoms with Crippen LogP contribution >= 0.6 is 24.8 Å². The van der Waals surface area contributed by atoms with Crippen LogP contribution in [0.25, 0.3) is 21.9 Å². The summed E-state index contributed by atoms with van der Waals surface area (Å²) in [4.78, 5) is 0. The Morgan fingerprint density at radius 1 is 0.871 bits per heavy atom. The molecule has 0 heterocycles. The van der Waals surface area contributed by atoms with Crippen LogP contribution in [0, 0.1) is 33.8 Å². The van der Waals surface area contributed by atoms with Crippen molar-refractivity contribution in [2.45, 2.75) is 34.6 Å². The summed E-state index contributed by atoms with van der Waals surface area (Å²) in [5.41, 5.74) is 8.19. The summed E-state index contributed by atoms with van der Waals surface area (Å²) < 4.78 is 0. The molecule has 168 valence electrons. The van der Waals surface area contributed by atoms with Gasteiger partial charge in [0.1, 0.15) is 0 Å². The second-order valence-corrected chi connectivity index (χ2v) is 7.01. The third kappa shape index (κ3) is 8.93. The molecule has 3 aromatic carbocycles. The van der Waals surface area contributed by atoms with Gasteiger partial charge in [-0.2, -0.15) is 17.2 Å². The number of benzene rings is 2. The maximum atomic E-state index is 3.36. The van der Waals surface area contributed by atoms with Crippen molar-refractivity contribution in [3.63, 3.8) is 0 Å². The molecule has 4 heteroatoms. The molecule has 0 saturated heterocycles. The van der Waals surface area contributed by atoms with Crippen LogP contribution in [0.2, 0.25) is 0 Å². The molecule has 1 aliphatic carbocycles. The fourth-order valence-corrected chi connectivity index (χ4v) is 3.42. The van der Waals surface area contributed by atoms with Crippen LogP contribution in [0.1, 0.15) is 33.3 Å². The Hall–Kier alpha value is -0.790. The molecule has 4 rings (SSSR count). The summed E-state index contributed by atoms with van der Waals surface area (Å²) in [6, 6.07) is 21.6. The molecule has 3 aromatic rings. The van der Waals surface area contributed by atoms with Crippen LogP contribution in [0.4, 0.5) is 0 Å². The van der Waals surface area contributed by atoms with Crippen LogP contribution in [0.3, 0.4) is 0 Å². The van der Waals surface area contributed by atoms with Crippen LogP contribution in [0.5, 0.6) is 0 Å². The van der Waals surface area contributed by atoms with Crippen molar-refractivity contribution in [3.05, 3.63) is 104 Å². The minimum atomic E-state index is 0. The van der Waals surface area contributed by atoms with E-state index in [2.05, 4.69) is 108 Å². The zero-order valence-corrected chi connectivity index (χ0v) is 24.8. The molecule has 1 aliphatic rings. The van der Waals surface area contributed by atoms with E-state index in [1.807, 2.05) is 0 Å². The summed E-state index contributed by atoms with van der Waals surface area (Å²) in [5.74, 6) is 0.560. The van der Waals surface area contributed by atoms with E-state index in [4.69, 9.17) is 0 Å². The predicted molar refractivity (Wildman–Crippen MR) is 143 cm³/mol. The van der Waals surface area contributed by atoms with Crippen LogP contribution < -0.4 is 0 Å². The monoisotopic (exact) mass is 546 g/mol. The number of hydrogen-bond donors (Lipinski definition) is 0. The van der Waals surface area contributed by atoms with Crippen LogP contribution in [-0.2, 0) is 23.3 Å². The predicted octanol–water partition coefficient (Wildman–Crippen LogP) is 8.62. The Morgan fingerprint density at radius 2 is 1.45 bits per heavy atom. The molecule has 0 amide bonds. The fourth-order valence-electron chi connectivity index (χ4n) is 3.42. The van der Waals surface area contributed by atoms with Crippen molar-refractivity contribution in [3.8, 4) is 11.1 Å². The van der Waals surface area contributed by atoms with Crippen molar-refractivity contribution in [2.75, 3.05) is 0 Å². The third-order valence-corrected chi connectivity index (χ3v) is 5.22. The van der Waals surface area contributed by atoms with Gasteiger partial charge in [0.15, 0.2) is 0 Å². The van der Waals surface area contributed by atoms with E-state index in [-0.39, 0.29) is 39.7 Å². The Bertz CT molecular complexity index is 971. The number of halogens is 2. The molecule has 0 aromatic heterocycles. The summed E-state index contributed by atoms with van der Waals surface area (Å²) >= 11 is 1.36. The number of hydrogen-bond acceptors (Lipinski definition) is 0. The average Bonchev–Trinajstić information content (AvgIpc) is 3.18. The van der Waals surface area contributed by atoms with Gasteiger partial charge in [-0.25, -0.2) is 5.57 Å². The molecule has 2 radical (unpaired) electrons. The Labute approximate surface area is 220 Å². The number of allylic oxidation sites excluding steroid dienone is 4. The van der Waals surface area contributed by atoms with Gasteiger partial charge in [-0.15, -0.1) is 66.3 Å². The van der Waals surface area contributed by atoms with E-state index in [9.17, 15) is 0 Å². The average molecular weight is 549 g/mol. The van der Waals surface area contributed by atoms with Crippen molar-refractivity contribution in [1.82, 2.24) is 0 Å². The molecule has 0 spiro atoms. The van der Waals surface area contributed by atoms with E-state index in [0.717, 1.165) is 0 Å². The molecular formula is C27H34Cl2SiZr-4. The van der Waals surface area contributed by atoms with Gasteiger partial charge in [0.25, 0.3) is 0 Å². The van der Waals surface area contributed by atoms with Crippen LogP contribution in [0.15, 0.2) is 77.4 Å². The second kappa shape index (κ2) is 16.8. The Morgan fingerprint density at radius 3 is 1.90 bits per heavy atom. The first-order valence-corrected chi connectivity index (χ1v) is 13.4. The first kappa shape index (κ1) is 34.8. The van der Waals surface area contributed by atoms with Crippen molar-refractivity contribution < 1.29 is 23.3 Å². The van der Waals surface area contributed by atoms with E-state index in [1.54, 1.807) is 0 Å². The van der Waals surface area contributed by atoms with Gasteiger partial charge in [-0.05, 0) is 5.56 Å². The normalized spacial score (nSPS) is 13.5. The zero-order valence-electron chi connectivity index (χ0n) is 19.7. The second-order valence-electron chi connectivity index (χ2n) is 7.01. The van der Waals surface area contributed by atoms with Crippen LogP contribution in [-0.4, -0.2) is 6.88 Å². The molecule has 1 atom stereocenters. The third-order valence-electron chi connectivity index (χ3n) is 5.22. The molecule has 0 bridgehead atoms. The molecule has 0 saturated carbocycles. The van der Waals surface area contributed by atoms with Gasteiger partial charge in [0.2, 0.25) is 0 Å². The van der Waals surface area contributed by atoms with Crippen molar-refractivity contribution in [1.29, 1.82) is 0 Å². The Balaban J connectivity index is -0.000000460. The number of fused-ring (bicyclic) bond motifs is 1. The molecule has 31 heavy (non-hydrogen) atoms.